The average Bonchev–Trinajstić information content (AvgIpc) is 3.15. The Labute approximate surface area is 179 Å². The van der Waals surface area contributed by atoms with Gasteiger partial charge in [0.2, 0.25) is 5.91 Å². The number of aromatic nitrogens is 1. The van der Waals surface area contributed by atoms with Gasteiger partial charge in [-0.15, -0.1) is 0 Å². The lowest BCUT2D eigenvalue weighted by atomic mass is 10.0. The van der Waals surface area contributed by atoms with Crippen molar-refractivity contribution in [3.63, 3.8) is 0 Å². The second-order valence-electron chi connectivity index (χ2n) is 7.21. The van der Waals surface area contributed by atoms with Crippen LogP contribution in [0.4, 0.5) is 10.1 Å². The third-order valence-electron chi connectivity index (χ3n) is 5.21. The molecule has 156 valence electrons. The number of para-hydroxylation sites is 1. The molecule has 0 aliphatic carbocycles. The van der Waals surface area contributed by atoms with Crippen molar-refractivity contribution in [3.05, 3.63) is 89.7 Å². The first-order valence-corrected chi connectivity index (χ1v) is 10.0. The molecule has 0 spiro atoms. The van der Waals surface area contributed by atoms with Crippen molar-refractivity contribution in [2.24, 2.45) is 0 Å². The van der Waals surface area contributed by atoms with Gasteiger partial charge < -0.3 is 15.6 Å². The molecule has 31 heavy (non-hydrogen) atoms. The maximum absolute atomic E-state index is 13.9. The van der Waals surface area contributed by atoms with Crippen molar-refractivity contribution in [2.45, 2.75) is 12.8 Å². The molecular formula is C25H22FN3O2. The predicted octanol–water partition coefficient (Wildman–Crippen LogP) is 4.90. The minimum atomic E-state index is -0.323. The van der Waals surface area contributed by atoms with E-state index in [9.17, 15) is 14.0 Å². The molecule has 1 aromatic heterocycles. The van der Waals surface area contributed by atoms with Gasteiger partial charge in [0, 0.05) is 30.1 Å². The van der Waals surface area contributed by atoms with E-state index in [1.165, 1.54) is 12.1 Å². The van der Waals surface area contributed by atoms with Crippen molar-refractivity contribution >= 4 is 28.4 Å². The van der Waals surface area contributed by atoms with Crippen molar-refractivity contribution in [3.8, 4) is 11.3 Å². The van der Waals surface area contributed by atoms with Crippen molar-refractivity contribution in [1.29, 1.82) is 0 Å². The standard InChI is InChI=1S/C25H22FN3O2/c1-27-25(31)19-9-5-6-10-21(19)28-23(30)14-12-18-20-15-17(26)11-13-22(20)29-24(18)16-7-3-2-4-8-16/h2-11,13,15,29H,12,14H2,1H3,(H,27,31)(H,28,30). The summed E-state index contributed by atoms with van der Waals surface area (Å²) in [5, 5.41) is 6.15. The van der Waals surface area contributed by atoms with Crippen LogP contribution in [0.3, 0.4) is 0 Å². The number of nitrogens with one attached hydrogen (secondary N) is 3. The number of rotatable bonds is 6. The van der Waals surface area contributed by atoms with Crippen LogP contribution < -0.4 is 10.6 Å². The summed E-state index contributed by atoms with van der Waals surface area (Å²) in [7, 11) is 1.54. The van der Waals surface area contributed by atoms with E-state index in [4.69, 9.17) is 0 Å². The van der Waals surface area contributed by atoms with Gasteiger partial charge in [0.25, 0.3) is 5.91 Å². The zero-order valence-electron chi connectivity index (χ0n) is 17.0. The molecule has 3 aromatic carbocycles. The highest BCUT2D eigenvalue weighted by molar-refractivity contribution is 6.03. The van der Waals surface area contributed by atoms with Gasteiger partial charge in [-0.2, -0.15) is 0 Å². The number of fused-ring (bicyclic) bond motifs is 1. The molecule has 0 unspecified atom stereocenters. The Morgan fingerprint density at radius 1 is 0.968 bits per heavy atom. The van der Waals surface area contributed by atoms with Gasteiger partial charge in [0.1, 0.15) is 5.82 Å². The molecule has 3 N–H and O–H groups in total. The van der Waals surface area contributed by atoms with Crippen LogP contribution >= 0.6 is 0 Å². The van der Waals surface area contributed by atoms with Crippen LogP contribution in [0.5, 0.6) is 0 Å². The molecule has 0 aliphatic rings. The quantitative estimate of drug-likeness (QED) is 0.419. The van der Waals surface area contributed by atoms with Gasteiger partial charge in [-0.05, 0) is 47.9 Å². The predicted molar refractivity (Wildman–Crippen MR) is 120 cm³/mol. The van der Waals surface area contributed by atoms with Crippen LogP contribution in [0.25, 0.3) is 22.2 Å². The van der Waals surface area contributed by atoms with E-state index in [0.29, 0.717) is 17.7 Å². The zero-order chi connectivity index (χ0) is 21.8. The molecule has 0 radical (unpaired) electrons. The molecule has 2 amide bonds. The topological polar surface area (TPSA) is 74.0 Å². The lowest BCUT2D eigenvalue weighted by Gasteiger charge is -2.10. The Kier molecular flexibility index (Phi) is 5.80. The summed E-state index contributed by atoms with van der Waals surface area (Å²) in [5.41, 5.74) is 4.41. The average molecular weight is 415 g/mol. The highest BCUT2D eigenvalue weighted by atomic mass is 19.1. The number of anilines is 1. The Morgan fingerprint density at radius 2 is 1.71 bits per heavy atom. The lowest BCUT2D eigenvalue weighted by molar-refractivity contribution is -0.116. The smallest absolute Gasteiger partial charge is 0.253 e. The number of hydrogen-bond donors (Lipinski definition) is 3. The number of benzene rings is 3. The number of carbonyl (C=O) groups is 2. The number of amides is 2. The Bertz CT molecular complexity index is 1250. The molecule has 5 nitrogen and oxygen atoms in total. The summed E-state index contributed by atoms with van der Waals surface area (Å²) >= 11 is 0. The number of hydrogen-bond acceptors (Lipinski definition) is 2. The molecule has 1 heterocycles. The molecule has 0 fully saturated rings. The number of H-pyrrole nitrogens is 1. The van der Waals surface area contributed by atoms with E-state index in [-0.39, 0.29) is 24.1 Å². The van der Waals surface area contributed by atoms with E-state index in [1.807, 2.05) is 30.3 Å². The third kappa shape index (κ3) is 4.33. The third-order valence-corrected chi connectivity index (χ3v) is 5.21. The van der Waals surface area contributed by atoms with Crippen LogP contribution in [0.2, 0.25) is 0 Å². The number of aryl methyl sites for hydroxylation is 1. The van der Waals surface area contributed by atoms with E-state index in [2.05, 4.69) is 15.6 Å². The molecule has 0 saturated carbocycles. The summed E-state index contributed by atoms with van der Waals surface area (Å²) in [4.78, 5) is 28.1. The maximum Gasteiger partial charge on any atom is 0.253 e. The van der Waals surface area contributed by atoms with Crippen molar-refractivity contribution in [2.75, 3.05) is 12.4 Å². The lowest BCUT2D eigenvalue weighted by Crippen LogP contribution is -2.21. The number of carbonyl (C=O) groups excluding carboxylic acids is 2. The fourth-order valence-corrected chi connectivity index (χ4v) is 3.71. The summed E-state index contributed by atoms with van der Waals surface area (Å²) in [6, 6.07) is 21.2. The fraction of sp³-hybridized carbons (Fsp3) is 0.120. The van der Waals surface area contributed by atoms with Crippen LogP contribution in [0, 0.1) is 5.82 Å². The van der Waals surface area contributed by atoms with Gasteiger partial charge in [-0.25, -0.2) is 4.39 Å². The van der Waals surface area contributed by atoms with Crippen LogP contribution in [-0.4, -0.2) is 23.8 Å². The largest absolute Gasteiger partial charge is 0.355 e. The summed E-state index contributed by atoms with van der Waals surface area (Å²) < 4.78 is 13.9. The van der Waals surface area contributed by atoms with Gasteiger partial charge in [-0.1, -0.05) is 42.5 Å². The normalized spacial score (nSPS) is 10.8. The van der Waals surface area contributed by atoms with Gasteiger partial charge in [-0.3, -0.25) is 9.59 Å². The van der Waals surface area contributed by atoms with Crippen molar-refractivity contribution < 1.29 is 14.0 Å². The minimum absolute atomic E-state index is 0.186. The highest BCUT2D eigenvalue weighted by Gasteiger charge is 2.16. The Balaban J connectivity index is 1.60. The van der Waals surface area contributed by atoms with Crippen LogP contribution in [-0.2, 0) is 11.2 Å². The Hall–Kier alpha value is -3.93. The molecule has 0 atom stereocenters. The molecule has 0 bridgehead atoms. The first-order valence-electron chi connectivity index (χ1n) is 10.0. The maximum atomic E-state index is 13.9. The molecule has 4 aromatic rings. The second-order valence-corrected chi connectivity index (χ2v) is 7.21. The van der Waals surface area contributed by atoms with Gasteiger partial charge >= 0.3 is 0 Å². The number of aromatic amines is 1. The monoisotopic (exact) mass is 415 g/mol. The SMILES string of the molecule is CNC(=O)c1ccccc1NC(=O)CCc1c(-c2ccccc2)[nH]c2ccc(F)cc12. The fourth-order valence-electron chi connectivity index (χ4n) is 3.71. The molecule has 6 heteroatoms. The van der Waals surface area contributed by atoms with Gasteiger partial charge in [0.05, 0.1) is 11.3 Å². The number of halogens is 1. The highest BCUT2D eigenvalue weighted by Crippen LogP contribution is 2.32. The molecule has 0 saturated heterocycles. The van der Waals surface area contributed by atoms with Gasteiger partial charge in [0.15, 0.2) is 0 Å². The van der Waals surface area contributed by atoms with Crippen LogP contribution in [0.15, 0.2) is 72.8 Å². The van der Waals surface area contributed by atoms with E-state index in [0.717, 1.165) is 27.7 Å². The molecular weight excluding hydrogens is 393 g/mol. The molecule has 4 rings (SSSR count). The van der Waals surface area contributed by atoms with E-state index >= 15 is 0 Å². The first-order chi connectivity index (χ1) is 15.1. The van der Waals surface area contributed by atoms with Crippen molar-refractivity contribution in [1.82, 2.24) is 10.3 Å². The zero-order valence-corrected chi connectivity index (χ0v) is 17.0. The minimum Gasteiger partial charge on any atom is -0.355 e. The summed E-state index contributed by atoms with van der Waals surface area (Å²) in [5.74, 6) is -0.813. The summed E-state index contributed by atoms with van der Waals surface area (Å²) in [6.07, 6.45) is 0.604. The van der Waals surface area contributed by atoms with E-state index in [1.54, 1.807) is 37.4 Å². The first kappa shape index (κ1) is 20.3. The molecule has 0 aliphatic heterocycles. The summed E-state index contributed by atoms with van der Waals surface area (Å²) in [6.45, 7) is 0. The Morgan fingerprint density at radius 3 is 2.48 bits per heavy atom. The van der Waals surface area contributed by atoms with E-state index < -0.39 is 0 Å². The second kappa shape index (κ2) is 8.83. The van der Waals surface area contributed by atoms with Crippen LogP contribution in [0.1, 0.15) is 22.3 Å².